The van der Waals surface area contributed by atoms with Gasteiger partial charge in [0.1, 0.15) is 12.4 Å². The van der Waals surface area contributed by atoms with E-state index in [1.165, 1.54) is 0 Å². The van der Waals surface area contributed by atoms with Gasteiger partial charge in [0.05, 0.1) is 17.5 Å². The number of pyridine rings is 1. The molecule has 0 bridgehead atoms. The van der Waals surface area contributed by atoms with Crippen molar-refractivity contribution in [3.8, 4) is 5.75 Å². The Bertz CT molecular complexity index is 1270. The van der Waals surface area contributed by atoms with Crippen LogP contribution in [0.5, 0.6) is 5.75 Å². The van der Waals surface area contributed by atoms with Crippen molar-refractivity contribution in [2.75, 3.05) is 13.1 Å². The number of fused-ring (bicyclic) bond motifs is 1. The number of carbonyl (C=O) groups is 1. The number of aromatic nitrogens is 1. The Kier molecular flexibility index (Phi) is 6.54. The number of nitrogens with zero attached hydrogens (tertiary/aromatic N) is 2. The van der Waals surface area contributed by atoms with Gasteiger partial charge in [0.25, 0.3) is 0 Å². The molecule has 3 aromatic carbocycles. The highest BCUT2D eigenvalue weighted by atomic mass is 16.5. The lowest BCUT2D eigenvalue weighted by atomic mass is 9.91. The first-order chi connectivity index (χ1) is 16.7. The Morgan fingerprint density at radius 2 is 1.68 bits per heavy atom. The van der Waals surface area contributed by atoms with Crippen molar-refractivity contribution in [3.63, 3.8) is 0 Å². The van der Waals surface area contributed by atoms with Crippen molar-refractivity contribution in [2.45, 2.75) is 25.5 Å². The van der Waals surface area contributed by atoms with Gasteiger partial charge in [0.15, 0.2) is 0 Å². The fourth-order valence-electron chi connectivity index (χ4n) is 4.80. The summed E-state index contributed by atoms with van der Waals surface area (Å²) in [6, 6.07) is 28.6. The second-order valence-corrected chi connectivity index (χ2v) is 8.82. The average molecular weight is 453 g/mol. The smallest absolute Gasteiger partial charge is 0.306 e. The van der Waals surface area contributed by atoms with Crippen LogP contribution in [0.2, 0.25) is 0 Å². The molecule has 1 aliphatic rings. The van der Waals surface area contributed by atoms with Crippen LogP contribution in [0, 0.1) is 5.92 Å². The van der Waals surface area contributed by atoms with Crippen LogP contribution in [-0.4, -0.2) is 34.0 Å². The van der Waals surface area contributed by atoms with Gasteiger partial charge in [-0.1, -0.05) is 66.7 Å². The molecule has 5 rings (SSSR count). The van der Waals surface area contributed by atoms with E-state index >= 15 is 0 Å². The number of hydrogen-bond acceptors (Lipinski definition) is 4. The maximum absolute atomic E-state index is 11.5. The normalized spacial score (nSPS) is 15.8. The Morgan fingerprint density at radius 3 is 2.47 bits per heavy atom. The Hall–Kier alpha value is -3.70. The molecule has 0 saturated carbocycles. The maximum Gasteiger partial charge on any atom is 0.306 e. The number of ether oxygens (including phenoxy) is 1. The first-order valence-corrected chi connectivity index (χ1v) is 11.8. The highest BCUT2D eigenvalue weighted by molar-refractivity contribution is 5.79. The summed E-state index contributed by atoms with van der Waals surface area (Å²) in [5.41, 5.74) is 4.24. The number of likely N-dealkylation sites (tertiary alicyclic amines) is 1. The summed E-state index contributed by atoms with van der Waals surface area (Å²) in [7, 11) is 0. The molecule has 34 heavy (non-hydrogen) atoms. The standard InChI is InChI=1S/C29H28N2O3/c32-29(33)22-14-16-31(17-15-22)28(24-18-23-10-4-6-12-26(23)30-19-24)25-11-5-7-13-27(25)34-20-21-8-2-1-3-9-21/h1-13,18-19,22,28H,14-17,20H2,(H,32,33). The zero-order valence-electron chi connectivity index (χ0n) is 19.0. The van der Waals surface area contributed by atoms with Gasteiger partial charge in [-0.05, 0) is 55.3 Å². The Labute approximate surface area is 199 Å². The van der Waals surface area contributed by atoms with Crippen LogP contribution in [0.3, 0.4) is 0 Å². The zero-order valence-corrected chi connectivity index (χ0v) is 19.0. The molecule has 5 nitrogen and oxygen atoms in total. The molecule has 1 atom stereocenters. The highest BCUT2D eigenvalue weighted by Crippen LogP contribution is 2.38. The van der Waals surface area contributed by atoms with Crippen molar-refractivity contribution >= 4 is 16.9 Å². The van der Waals surface area contributed by atoms with Crippen LogP contribution < -0.4 is 4.74 Å². The van der Waals surface area contributed by atoms with Crippen LogP contribution >= 0.6 is 0 Å². The first kappa shape index (κ1) is 22.1. The van der Waals surface area contributed by atoms with Gasteiger partial charge in [0.2, 0.25) is 0 Å². The second kappa shape index (κ2) is 10.1. The molecule has 1 aromatic heterocycles. The molecule has 172 valence electrons. The third-order valence-corrected chi connectivity index (χ3v) is 6.62. The molecule has 0 aliphatic carbocycles. The van der Waals surface area contributed by atoms with E-state index in [0.29, 0.717) is 32.5 Å². The van der Waals surface area contributed by atoms with E-state index in [2.05, 4.69) is 35.2 Å². The van der Waals surface area contributed by atoms with Crippen LogP contribution in [0.25, 0.3) is 10.9 Å². The summed E-state index contributed by atoms with van der Waals surface area (Å²) in [6.45, 7) is 1.91. The summed E-state index contributed by atoms with van der Waals surface area (Å²) < 4.78 is 6.32. The Morgan fingerprint density at radius 1 is 0.971 bits per heavy atom. The molecular weight excluding hydrogens is 424 g/mol. The second-order valence-electron chi connectivity index (χ2n) is 8.82. The van der Waals surface area contributed by atoms with E-state index in [1.54, 1.807) is 0 Å². The maximum atomic E-state index is 11.5. The number of hydrogen-bond donors (Lipinski definition) is 1. The number of piperidine rings is 1. The van der Waals surface area contributed by atoms with Gasteiger partial charge in [0, 0.05) is 17.1 Å². The zero-order chi connectivity index (χ0) is 23.3. The number of benzene rings is 3. The third-order valence-electron chi connectivity index (χ3n) is 6.62. The summed E-state index contributed by atoms with van der Waals surface area (Å²) in [6.07, 6.45) is 3.23. The van der Waals surface area contributed by atoms with Gasteiger partial charge in [-0.2, -0.15) is 0 Å². The van der Waals surface area contributed by atoms with Crippen LogP contribution in [-0.2, 0) is 11.4 Å². The number of para-hydroxylation sites is 2. The molecule has 4 aromatic rings. The van der Waals surface area contributed by atoms with Crippen molar-refractivity contribution < 1.29 is 14.6 Å². The van der Waals surface area contributed by atoms with Gasteiger partial charge in [-0.15, -0.1) is 0 Å². The lowest BCUT2D eigenvalue weighted by Crippen LogP contribution is -2.39. The molecule has 1 aliphatic heterocycles. The predicted octanol–water partition coefficient (Wildman–Crippen LogP) is 5.70. The predicted molar refractivity (Wildman–Crippen MR) is 133 cm³/mol. The number of aliphatic carboxylic acids is 1. The highest BCUT2D eigenvalue weighted by Gasteiger charge is 2.31. The molecule has 0 radical (unpaired) electrons. The van der Waals surface area contributed by atoms with E-state index in [9.17, 15) is 9.90 Å². The third kappa shape index (κ3) is 4.80. The quantitative estimate of drug-likeness (QED) is 0.390. The molecule has 1 fully saturated rings. The van der Waals surface area contributed by atoms with Crippen molar-refractivity contribution in [1.29, 1.82) is 0 Å². The van der Waals surface area contributed by atoms with Gasteiger partial charge in [-0.3, -0.25) is 14.7 Å². The number of carboxylic acids is 1. The minimum Gasteiger partial charge on any atom is -0.489 e. The monoisotopic (exact) mass is 452 g/mol. The van der Waals surface area contributed by atoms with Crippen LogP contribution in [0.4, 0.5) is 0 Å². The lowest BCUT2D eigenvalue weighted by molar-refractivity contribution is -0.143. The molecule has 0 amide bonds. The first-order valence-electron chi connectivity index (χ1n) is 11.8. The van der Waals surface area contributed by atoms with Gasteiger partial charge in [-0.25, -0.2) is 0 Å². The minimum atomic E-state index is -0.699. The Balaban J connectivity index is 1.51. The fraction of sp³-hybridized carbons (Fsp3) is 0.241. The van der Waals surface area contributed by atoms with Crippen LogP contribution in [0.1, 0.15) is 35.6 Å². The van der Waals surface area contributed by atoms with Crippen molar-refractivity contribution in [3.05, 3.63) is 108 Å². The summed E-state index contributed by atoms with van der Waals surface area (Å²) in [5.74, 6) is -0.142. The molecule has 5 heteroatoms. The molecule has 0 spiro atoms. The van der Waals surface area contributed by atoms with E-state index in [-0.39, 0.29) is 12.0 Å². The SMILES string of the molecule is O=C(O)C1CCN(C(c2cnc3ccccc3c2)c2ccccc2OCc2ccccc2)CC1. The summed E-state index contributed by atoms with van der Waals surface area (Å²) in [4.78, 5) is 18.6. The van der Waals surface area contributed by atoms with Gasteiger partial charge < -0.3 is 9.84 Å². The molecule has 2 heterocycles. The van der Waals surface area contributed by atoms with Gasteiger partial charge >= 0.3 is 5.97 Å². The fourth-order valence-corrected chi connectivity index (χ4v) is 4.80. The van der Waals surface area contributed by atoms with Crippen molar-refractivity contribution in [1.82, 2.24) is 9.88 Å². The topological polar surface area (TPSA) is 62.7 Å². The summed E-state index contributed by atoms with van der Waals surface area (Å²) >= 11 is 0. The molecule has 1 N–H and O–H groups in total. The van der Waals surface area contributed by atoms with Crippen molar-refractivity contribution in [2.24, 2.45) is 5.92 Å². The summed E-state index contributed by atoms with van der Waals surface area (Å²) in [5, 5.41) is 10.6. The van der Waals surface area contributed by atoms with E-state index in [0.717, 1.165) is 33.3 Å². The number of carboxylic acid groups (broad SMARTS) is 1. The largest absolute Gasteiger partial charge is 0.489 e. The van der Waals surface area contributed by atoms with E-state index < -0.39 is 5.97 Å². The lowest BCUT2D eigenvalue weighted by Gasteiger charge is -2.37. The molecule has 1 saturated heterocycles. The minimum absolute atomic E-state index is 0.0705. The molecular formula is C29H28N2O3. The molecule has 1 unspecified atom stereocenters. The van der Waals surface area contributed by atoms with E-state index in [1.807, 2.05) is 60.8 Å². The van der Waals surface area contributed by atoms with E-state index in [4.69, 9.17) is 9.72 Å². The number of rotatable bonds is 7. The average Bonchev–Trinajstić information content (AvgIpc) is 2.89. The van der Waals surface area contributed by atoms with Crippen LogP contribution in [0.15, 0.2) is 91.1 Å².